The summed E-state index contributed by atoms with van der Waals surface area (Å²) in [7, 11) is 0. The van der Waals surface area contributed by atoms with E-state index in [0.717, 1.165) is 42.8 Å². The van der Waals surface area contributed by atoms with Gasteiger partial charge in [-0.15, -0.1) is 5.10 Å². The fourth-order valence-electron chi connectivity index (χ4n) is 2.28. The normalized spacial score (nSPS) is 10.8. The van der Waals surface area contributed by atoms with Crippen LogP contribution in [0.4, 0.5) is 5.82 Å². The van der Waals surface area contributed by atoms with Crippen LogP contribution in [0.5, 0.6) is 5.75 Å². The molecule has 0 aliphatic rings. The van der Waals surface area contributed by atoms with Crippen LogP contribution in [0.15, 0.2) is 18.2 Å². The number of nitrogens with zero attached hydrogens (tertiary/aromatic N) is 3. The molecule has 2 aromatic rings. The second-order valence-corrected chi connectivity index (χ2v) is 5.37. The molecule has 1 aromatic heterocycles. The maximum absolute atomic E-state index is 5.85. The van der Waals surface area contributed by atoms with E-state index in [-0.39, 0.29) is 0 Å². The first-order valence-corrected chi connectivity index (χ1v) is 7.49. The highest BCUT2D eigenvalue weighted by molar-refractivity contribution is 5.36. The number of ether oxygens (including phenoxy) is 1. The molecule has 0 amide bonds. The van der Waals surface area contributed by atoms with Gasteiger partial charge in [0.05, 0.1) is 12.3 Å². The smallest absolute Gasteiger partial charge is 0.169 e. The molecule has 0 bridgehead atoms. The van der Waals surface area contributed by atoms with Crippen LogP contribution in [0.25, 0.3) is 0 Å². The van der Waals surface area contributed by atoms with Gasteiger partial charge in [-0.1, -0.05) is 30.7 Å². The second-order valence-electron chi connectivity index (χ2n) is 5.37. The van der Waals surface area contributed by atoms with Crippen LogP contribution in [-0.2, 0) is 13.0 Å². The van der Waals surface area contributed by atoms with E-state index in [1.165, 1.54) is 5.56 Å². The third-order valence-corrected chi connectivity index (χ3v) is 3.47. The van der Waals surface area contributed by atoms with Crippen LogP contribution in [0, 0.1) is 13.8 Å². The Labute approximate surface area is 126 Å². The molecule has 0 saturated heterocycles. The van der Waals surface area contributed by atoms with Crippen molar-refractivity contribution in [2.45, 2.75) is 46.6 Å². The summed E-state index contributed by atoms with van der Waals surface area (Å²) in [6, 6.07) is 6.25. The summed E-state index contributed by atoms with van der Waals surface area (Å²) in [4.78, 5) is 0. The monoisotopic (exact) mass is 288 g/mol. The van der Waals surface area contributed by atoms with E-state index in [4.69, 9.17) is 10.5 Å². The van der Waals surface area contributed by atoms with Crippen molar-refractivity contribution in [1.29, 1.82) is 0 Å². The summed E-state index contributed by atoms with van der Waals surface area (Å²) in [6.45, 7) is 7.70. The fraction of sp³-hybridized carbons (Fsp3) is 0.500. The minimum atomic E-state index is 0.548. The summed E-state index contributed by atoms with van der Waals surface area (Å²) in [5.74, 6) is 1.51. The molecule has 2 rings (SSSR count). The van der Waals surface area contributed by atoms with Crippen LogP contribution in [0.1, 0.15) is 36.6 Å². The van der Waals surface area contributed by atoms with Gasteiger partial charge in [0.15, 0.2) is 5.82 Å². The minimum absolute atomic E-state index is 0.548. The standard InChI is InChI=1S/C16H24N4O/c1-4-6-14-16(17)18-19-20(14)9-5-10-21-15-11-12(2)7-8-13(15)3/h7-8,11H,4-6,9-10,17H2,1-3H3. The highest BCUT2D eigenvalue weighted by Gasteiger charge is 2.08. The first-order valence-electron chi connectivity index (χ1n) is 7.49. The van der Waals surface area contributed by atoms with Crippen molar-refractivity contribution in [2.75, 3.05) is 12.3 Å². The average Bonchev–Trinajstić information content (AvgIpc) is 2.80. The predicted octanol–water partition coefficient (Wildman–Crippen LogP) is 2.90. The lowest BCUT2D eigenvalue weighted by molar-refractivity contribution is 0.295. The molecule has 5 nitrogen and oxygen atoms in total. The zero-order valence-electron chi connectivity index (χ0n) is 13.1. The lowest BCUT2D eigenvalue weighted by atomic mass is 10.1. The maximum atomic E-state index is 5.85. The largest absolute Gasteiger partial charge is 0.493 e. The molecule has 1 heterocycles. The van der Waals surface area contributed by atoms with Gasteiger partial charge >= 0.3 is 0 Å². The van der Waals surface area contributed by atoms with Crippen molar-refractivity contribution in [3.8, 4) is 5.75 Å². The van der Waals surface area contributed by atoms with Gasteiger partial charge in [-0.05, 0) is 37.5 Å². The van der Waals surface area contributed by atoms with E-state index < -0.39 is 0 Å². The number of anilines is 1. The number of hydrogen-bond donors (Lipinski definition) is 1. The topological polar surface area (TPSA) is 66.0 Å². The number of benzene rings is 1. The molecule has 0 fully saturated rings. The van der Waals surface area contributed by atoms with Crippen molar-refractivity contribution in [3.05, 3.63) is 35.0 Å². The highest BCUT2D eigenvalue weighted by Crippen LogP contribution is 2.19. The lowest BCUT2D eigenvalue weighted by Crippen LogP contribution is -2.10. The Balaban J connectivity index is 1.86. The number of hydrogen-bond acceptors (Lipinski definition) is 4. The minimum Gasteiger partial charge on any atom is -0.493 e. The second kappa shape index (κ2) is 7.11. The zero-order chi connectivity index (χ0) is 15.2. The van der Waals surface area contributed by atoms with Gasteiger partial charge in [0.2, 0.25) is 0 Å². The lowest BCUT2D eigenvalue weighted by Gasteiger charge is -2.10. The maximum Gasteiger partial charge on any atom is 0.169 e. The molecule has 0 aliphatic carbocycles. The zero-order valence-corrected chi connectivity index (χ0v) is 13.1. The third kappa shape index (κ3) is 3.97. The van der Waals surface area contributed by atoms with Gasteiger partial charge in [0.25, 0.3) is 0 Å². The molecule has 1 aromatic carbocycles. The number of aromatic nitrogens is 3. The Morgan fingerprint density at radius 3 is 2.86 bits per heavy atom. The fourth-order valence-corrected chi connectivity index (χ4v) is 2.28. The summed E-state index contributed by atoms with van der Waals surface area (Å²) in [5.41, 5.74) is 9.24. The summed E-state index contributed by atoms with van der Waals surface area (Å²) >= 11 is 0. The van der Waals surface area contributed by atoms with E-state index in [1.54, 1.807) is 0 Å². The molecule has 0 atom stereocenters. The third-order valence-electron chi connectivity index (χ3n) is 3.47. The Morgan fingerprint density at radius 1 is 1.29 bits per heavy atom. The Kier molecular flexibility index (Phi) is 5.20. The average molecular weight is 288 g/mol. The van der Waals surface area contributed by atoms with Gasteiger partial charge in [0, 0.05) is 13.0 Å². The molecule has 0 aliphatic heterocycles. The number of aryl methyl sites for hydroxylation is 3. The molecule has 0 saturated carbocycles. The Morgan fingerprint density at radius 2 is 2.10 bits per heavy atom. The molecular weight excluding hydrogens is 264 g/mol. The van der Waals surface area contributed by atoms with Crippen molar-refractivity contribution < 1.29 is 4.74 Å². The van der Waals surface area contributed by atoms with Crippen molar-refractivity contribution in [1.82, 2.24) is 15.0 Å². The molecule has 5 heteroatoms. The van der Waals surface area contributed by atoms with Crippen LogP contribution in [0.2, 0.25) is 0 Å². The quantitative estimate of drug-likeness (QED) is 0.796. The van der Waals surface area contributed by atoms with E-state index in [2.05, 4.69) is 49.3 Å². The van der Waals surface area contributed by atoms with Crippen molar-refractivity contribution in [2.24, 2.45) is 0 Å². The number of nitrogen functional groups attached to an aromatic ring is 1. The van der Waals surface area contributed by atoms with Crippen LogP contribution in [-0.4, -0.2) is 21.6 Å². The molecule has 21 heavy (non-hydrogen) atoms. The van der Waals surface area contributed by atoms with E-state index in [0.29, 0.717) is 12.4 Å². The van der Waals surface area contributed by atoms with Gasteiger partial charge in [-0.3, -0.25) is 0 Å². The van der Waals surface area contributed by atoms with Gasteiger partial charge < -0.3 is 10.5 Å². The highest BCUT2D eigenvalue weighted by atomic mass is 16.5. The van der Waals surface area contributed by atoms with Gasteiger partial charge in [-0.2, -0.15) is 0 Å². The Bertz CT molecular complexity index is 592. The summed E-state index contributed by atoms with van der Waals surface area (Å²) < 4.78 is 7.75. The first-order chi connectivity index (χ1) is 10.1. The molecule has 2 N–H and O–H groups in total. The number of nitrogens with two attached hydrogens (primary N) is 1. The van der Waals surface area contributed by atoms with E-state index in [9.17, 15) is 0 Å². The molecule has 0 radical (unpaired) electrons. The van der Waals surface area contributed by atoms with E-state index in [1.807, 2.05) is 4.68 Å². The van der Waals surface area contributed by atoms with E-state index >= 15 is 0 Å². The van der Waals surface area contributed by atoms with Crippen molar-refractivity contribution >= 4 is 5.82 Å². The molecule has 0 unspecified atom stereocenters. The van der Waals surface area contributed by atoms with Crippen LogP contribution in [0.3, 0.4) is 0 Å². The summed E-state index contributed by atoms with van der Waals surface area (Å²) in [5, 5.41) is 8.04. The number of rotatable bonds is 7. The molecule has 114 valence electrons. The van der Waals surface area contributed by atoms with Gasteiger partial charge in [0.1, 0.15) is 5.75 Å². The van der Waals surface area contributed by atoms with Crippen LogP contribution < -0.4 is 10.5 Å². The SMILES string of the molecule is CCCc1c(N)nnn1CCCOc1cc(C)ccc1C. The van der Waals surface area contributed by atoms with Gasteiger partial charge in [-0.25, -0.2) is 4.68 Å². The van der Waals surface area contributed by atoms with Crippen molar-refractivity contribution in [3.63, 3.8) is 0 Å². The molecular formula is C16H24N4O. The van der Waals surface area contributed by atoms with Crippen LogP contribution >= 0.6 is 0 Å². The first kappa shape index (κ1) is 15.4. The Hall–Kier alpha value is -2.04. The molecule has 0 spiro atoms. The predicted molar refractivity (Wildman–Crippen MR) is 84.5 cm³/mol. The summed E-state index contributed by atoms with van der Waals surface area (Å²) in [6.07, 6.45) is 2.83.